The van der Waals surface area contributed by atoms with Crippen LogP contribution < -0.4 is 0 Å². The molecule has 0 saturated carbocycles. The first-order valence-electron chi connectivity index (χ1n) is 4.12. The van der Waals surface area contributed by atoms with Crippen molar-refractivity contribution in [1.29, 1.82) is 0 Å². The van der Waals surface area contributed by atoms with E-state index in [4.69, 9.17) is 9.47 Å². The van der Waals surface area contributed by atoms with Gasteiger partial charge < -0.3 is 9.47 Å². The van der Waals surface area contributed by atoms with E-state index in [0.717, 1.165) is 5.56 Å². The number of rotatable bonds is 4. The molecule has 0 aromatic heterocycles. The van der Waals surface area contributed by atoms with Gasteiger partial charge in [-0.3, -0.25) is 0 Å². The Morgan fingerprint density at radius 2 is 1.71 bits per heavy atom. The van der Waals surface area contributed by atoms with Crippen molar-refractivity contribution in [3.05, 3.63) is 35.9 Å². The molecule has 0 aliphatic rings. The van der Waals surface area contributed by atoms with Crippen molar-refractivity contribution in [3.8, 4) is 0 Å². The van der Waals surface area contributed by atoms with Crippen molar-refractivity contribution < 1.29 is 9.47 Å². The first-order chi connectivity index (χ1) is 6.62. The largest absolute Gasteiger partial charge is 0.353 e. The van der Waals surface area contributed by atoms with E-state index in [-0.39, 0.29) is 8.62 Å². The average Bonchev–Trinajstić information content (AvgIpc) is 2.20. The average molecular weight is 371 g/mol. The molecule has 1 unspecified atom stereocenters. The van der Waals surface area contributed by atoms with E-state index in [1.807, 2.05) is 30.3 Å². The third-order valence-corrected chi connectivity index (χ3v) is 3.85. The highest BCUT2D eigenvalue weighted by Gasteiger charge is 2.35. The topological polar surface area (TPSA) is 18.5 Å². The van der Waals surface area contributed by atoms with Crippen LogP contribution in [0.15, 0.2) is 30.3 Å². The normalized spacial score (nSPS) is 15.5. The predicted octanol–water partition coefficient (Wildman–Crippen LogP) is 3.29. The maximum atomic E-state index is 5.24. The van der Waals surface area contributed by atoms with Gasteiger partial charge in [0.25, 0.3) is 0 Å². The Labute approximate surface area is 106 Å². The zero-order valence-electron chi connectivity index (χ0n) is 8.04. The monoisotopic (exact) mass is 370 g/mol. The smallest absolute Gasteiger partial charge is 0.185 e. The van der Waals surface area contributed by atoms with Crippen LogP contribution >= 0.6 is 38.5 Å². The molecule has 4 heteroatoms. The molecule has 78 valence electrons. The highest BCUT2D eigenvalue weighted by molar-refractivity contribution is 14.1. The molecule has 0 spiro atoms. The number of benzene rings is 1. The third-order valence-electron chi connectivity index (χ3n) is 1.88. The van der Waals surface area contributed by atoms with Crippen molar-refractivity contribution in [1.82, 2.24) is 0 Å². The van der Waals surface area contributed by atoms with Gasteiger partial charge in [-0.25, -0.2) is 0 Å². The van der Waals surface area contributed by atoms with Gasteiger partial charge in [-0.05, 0) is 5.56 Å². The van der Waals surface area contributed by atoms with Gasteiger partial charge in [0.1, 0.15) is 0 Å². The molecular weight excluding hydrogens is 359 g/mol. The second kappa shape index (κ2) is 5.44. The van der Waals surface area contributed by atoms with Crippen molar-refractivity contribution in [3.63, 3.8) is 0 Å². The summed E-state index contributed by atoms with van der Waals surface area (Å²) in [6.07, 6.45) is -0.314. The Morgan fingerprint density at radius 3 is 2.14 bits per heavy atom. The predicted molar refractivity (Wildman–Crippen MR) is 68.9 cm³/mol. The van der Waals surface area contributed by atoms with Crippen molar-refractivity contribution in [2.75, 3.05) is 14.2 Å². The Hall–Kier alpha value is 0.350. The van der Waals surface area contributed by atoms with Crippen molar-refractivity contribution in [2.45, 2.75) is 8.62 Å². The van der Waals surface area contributed by atoms with Crippen LogP contribution in [0.5, 0.6) is 0 Å². The van der Waals surface area contributed by atoms with E-state index in [1.54, 1.807) is 14.2 Å². The fraction of sp³-hybridized carbons (Fsp3) is 0.400. The number of alkyl halides is 2. The molecule has 2 nitrogen and oxygen atoms in total. The van der Waals surface area contributed by atoms with Crippen molar-refractivity contribution >= 4 is 38.5 Å². The molecule has 0 aliphatic carbocycles. The second-order valence-electron chi connectivity index (χ2n) is 2.79. The highest BCUT2D eigenvalue weighted by atomic mass is 127. The molecule has 1 aromatic carbocycles. The molecule has 0 radical (unpaired) electrons. The van der Waals surface area contributed by atoms with Crippen LogP contribution in [-0.4, -0.2) is 20.5 Å². The van der Waals surface area contributed by atoms with E-state index < -0.39 is 0 Å². The lowest BCUT2D eigenvalue weighted by Gasteiger charge is -2.28. The van der Waals surface area contributed by atoms with Crippen LogP contribution in [-0.2, 0) is 11.8 Å². The summed E-state index contributed by atoms with van der Waals surface area (Å²) in [5.74, 6) is 0. The summed E-state index contributed by atoms with van der Waals surface area (Å²) >= 11 is 5.88. The minimum atomic E-state index is -0.352. The van der Waals surface area contributed by atoms with Gasteiger partial charge in [0.05, 0.1) is 0 Å². The molecule has 0 bridgehead atoms. The van der Waals surface area contributed by atoms with Crippen LogP contribution in [0.4, 0.5) is 0 Å². The molecule has 14 heavy (non-hydrogen) atoms. The van der Waals surface area contributed by atoms with Crippen LogP contribution in [0, 0.1) is 0 Å². The fourth-order valence-electron chi connectivity index (χ4n) is 1.19. The van der Waals surface area contributed by atoms with Crippen LogP contribution in [0.25, 0.3) is 0 Å². The van der Waals surface area contributed by atoms with Crippen LogP contribution in [0.3, 0.4) is 0 Å². The summed E-state index contributed by atoms with van der Waals surface area (Å²) in [5.41, 5.74) is 1.12. The number of hydrogen-bond donors (Lipinski definition) is 0. The van der Waals surface area contributed by atoms with E-state index in [2.05, 4.69) is 38.5 Å². The Morgan fingerprint density at radius 1 is 1.21 bits per heavy atom. The lowest BCUT2D eigenvalue weighted by molar-refractivity contribution is -0.104. The molecule has 0 fully saturated rings. The molecule has 0 heterocycles. The lowest BCUT2D eigenvalue weighted by atomic mass is 10.1. The SMILES string of the molecule is COC(OC)C(Br)(I)c1ccccc1. The summed E-state index contributed by atoms with van der Waals surface area (Å²) in [6.45, 7) is 0. The summed E-state index contributed by atoms with van der Waals surface area (Å²) in [4.78, 5) is 0. The Bertz CT molecular complexity index is 273. The molecule has 1 aromatic rings. The Balaban J connectivity index is 2.94. The van der Waals surface area contributed by atoms with Crippen LogP contribution in [0.1, 0.15) is 5.56 Å². The van der Waals surface area contributed by atoms with Gasteiger partial charge in [-0.15, -0.1) is 0 Å². The zero-order valence-corrected chi connectivity index (χ0v) is 11.8. The van der Waals surface area contributed by atoms with Gasteiger partial charge in [-0.1, -0.05) is 68.9 Å². The summed E-state index contributed by atoms with van der Waals surface area (Å²) in [6, 6.07) is 10.0. The molecule has 1 atom stereocenters. The van der Waals surface area contributed by atoms with E-state index >= 15 is 0 Å². The molecule has 0 aliphatic heterocycles. The lowest BCUT2D eigenvalue weighted by Crippen LogP contribution is -2.31. The molecular formula is C10H12BrIO2. The van der Waals surface area contributed by atoms with Gasteiger partial charge >= 0.3 is 0 Å². The number of halogens is 2. The maximum Gasteiger partial charge on any atom is 0.185 e. The standard InChI is InChI=1S/C10H12BrIO2/c1-13-9(14-2)10(11,12)8-6-4-3-5-7-8/h3-7,9H,1-2H3. The first kappa shape index (κ1) is 12.4. The molecule has 0 saturated heterocycles. The maximum absolute atomic E-state index is 5.24. The molecule has 0 amide bonds. The van der Waals surface area contributed by atoms with Gasteiger partial charge in [-0.2, -0.15) is 0 Å². The van der Waals surface area contributed by atoms with Gasteiger partial charge in [0.15, 0.2) is 8.62 Å². The fourth-order valence-corrected chi connectivity index (χ4v) is 2.69. The molecule has 0 N–H and O–H groups in total. The Kier molecular flexibility index (Phi) is 4.82. The van der Waals surface area contributed by atoms with E-state index in [9.17, 15) is 0 Å². The molecule has 1 rings (SSSR count). The van der Waals surface area contributed by atoms with Crippen molar-refractivity contribution in [2.24, 2.45) is 0 Å². The first-order valence-corrected chi connectivity index (χ1v) is 5.99. The quantitative estimate of drug-likeness (QED) is 0.460. The highest BCUT2D eigenvalue weighted by Crippen LogP contribution is 2.43. The summed E-state index contributed by atoms with van der Waals surface area (Å²) in [7, 11) is 3.26. The zero-order chi connectivity index (χ0) is 10.6. The van der Waals surface area contributed by atoms with Gasteiger partial charge in [0.2, 0.25) is 0 Å². The number of hydrogen-bond acceptors (Lipinski definition) is 2. The summed E-state index contributed by atoms with van der Waals surface area (Å²) in [5, 5.41) is 0. The second-order valence-corrected chi connectivity index (χ2v) is 7.23. The van der Waals surface area contributed by atoms with E-state index in [1.165, 1.54) is 0 Å². The number of methoxy groups -OCH3 is 2. The van der Waals surface area contributed by atoms with E-state index in [0.29, 0.717) is 0 Å². The van der Waals surface area contributed by atoms with Gasteiger partial charge in [0, 0.05) is 14.2 Å². The minimum Gasteiger partial charge on any atom is -0.353 e. The summed E-state index contributed by atoms with van der Waals surface area (Å²) < 4.78 is 10.1. The van der Waals surface area contributed by atoms with Crippen LogP contribution in [0.2, 0.25) is 0 Å². The minimum absolute atomic E-state index is 0.314. The number of ether oxygens (including phenoxy) is 2. The third kappa shape index (κ3) is 2.68.